The molecule has 0 aromatic heterocycles. The van der Waals surface area contributed by atoms with Gasteiger partial charge in [-0.05, 0) is 6.08 Å². The topological polar surface area (TPSA) is 77.8 Å². The summed E-state index contributed by atoms with van der Waals surface area (Å²) < 4.78 is 0. The fourth-order valence-corrected chi connectivity index (χ4v) is 2.24. The number of aliphatic hydroxyl groups is 2. The van der Waals surface area contributed by atoms with E-state index in [9.17, 15) is 15.0 Å². The first-order chi connectivity index (χ1) is 7.61. The van der Waals surface area contributed by atoms with Gasteiger partial charge in [0.05, 0.1) is 6.10 Å². The zero-order chi connectivity index (χ0) is 13.3. The number of carbonyl (C=O) groups is 1. The van der Waals surface area contributed by atoms with Crippen molar-refractivity contribution in [3.8, 4) is 11.5 Å². The molecule has 0 fully saturated rings. The highest BCUT2D eigenvalue weighted by atomic mass is 28.3. The number of carboxylic acid groups (broad SMARTS) is 1. The van der Waals surface area contributed by atoms with E-state index < -0.39 is 25.7 Å². The molecule has 1 rings (SSSR count). The first-order valence-corrected chi connectivity index (χ1v) is 9.00. The molecular weight excluding hydrogens is 236 g/mol. The minimum absolute atomic E-state index is 0.0242. The van der Waals surface area contributed by atoms with Crippen LogP contribution in [0.25, 0.3) is 0 Å². The fourth-order valence-electron chi connectivity index (χ4n) is 1.63. The van der Waals surface area contributed by atoms with Gasteiger partial charge < -0.3 is 15.3 Å². The van der Waals surface area contributed by atoms with Crippen molar-refractivity contribution in [2.24, 2.45) is 0 Å². The Morgan fingerprint density at radius 2 is 2.12 bits per heavy atom. The molecule has 17 heavy (non-hydrogen) atoms. The molecule has 0 heterocycles. The predicted molar refractivity (Wildman–Crippen MR) is 67.0 cm³/mol. The Morgan fingerprint density at radius 3 is 2.59 bits per heavy atom. The van der Waals surface area contributed by atoms with Crippen LogP contribution in [0.5, 0.6) is 0 Å². The molecule has 0 aliphatic heterocycles. The summed E-state index contributed by atoms with van der Waals surface area (Å²) in [7, 11) is -1.63. The van der Waals surface area contributed by atoms with Gasteiger partial charge in [-0.1, -0.05) is 25.6 Å². The van der Waals surface area contributed by atoms with Gasteiger partial charge in [-0.25, -0.2) is 4.79 Å². The van der Waals surface area contributed by atoms with Crippen molar-refractivity contribution in [3.63, 3.8) is 0 Å². The molecular formula is C12H18O4Si. The number of hydrogen-bond acceptors (Lipinski definition) is 3. The van der Waals surface area contributed by atoms with Crippen LogP contribution in [0.2, 0.25) is 19.6 Å². The van der Waals surface area contributed by atoms with Crippen molar-refractivity contribution in [1.29, 1.82) is 0 Å². The van der Waals surface area contributed by atoms with Crippen molar-refractivity contribution in [1.82, 2.24) is 0 Å². The van der Waals surface area contributed by atoms with Gasteiger partial charge in [-0.15, -0.1) is 5.54 Å². The van der Waals surface area contributed by atoms with Crippen LogP contribution in [-0.2, 0) is 4.79 Å². The standard InChI is InChI=1S/C12H18O4Si/c1-17(2,3)5-4-12(16)7-9(11(14)15)6-10(13)8-12/h6,10,13,16H,7-8H2,1-3H3,(H,14,15). The minimum atomic E-state index is -1.63. The average molecular weight is 254 g/mol. The fraction of sp³-hybridized carbons (Fsp3) is 0.583. The van der Waals surface area contributed by atoms with Crippen LogP contribution in [-0.4, -0.2) is 41.1 Å². The molecule has 0 amide bonds. The maximum Gasteiger partial charge on any atom is 0.331 e. The summed E-state index contributed by atoms with van der Waals surface area (Å²) in [5.74, 6) is 1.64. The Labute approximate surface area is 102 Å². The summed E-state index contributed by atoms with van der Waals surface area (Å²) in [6.07, 6.45) is 0.362. The lowest BCUT2D eigenvalue weighted by molar-refractivity contribution is -0.133. The number of hydrogen-bond donors (Lipinski definition) is 3. The molecule has 0 bridgehead atoms. The highest BCUT2D eigenvalue weighted by molar-refractivity contribution is 6.83. The summed E-state index contributed by atoms with van der Waals surface area (Å²) in [6.45, 7) is 6.11. The molecule has 3 N–H and O–H groups in total. The van der Waals surface area contributed by atoms with Gasteiger partial charge in [0.1, 0.15) is 13.7 Å². The van der Waals surface area contributed by atoms with Gasteiger partial charge in [-0.2, -0.15) is 0 Å². The molecule has 0 spiro atoms. The van der Waals surface area contributed by atoms with Gasteiger partial charge in [0, 0.05) is 18.4 Å². The maximum absolute atomic E-state index is 10.9. The molecule has 0 saturated carbocycles. The van der Waals surface area contributed by atoms with Gasteiger partial charge in [-0.3, -0.25) is 0 Å². The Kier molecular flexibility index (Phi) is 3.82. The van der Waals surface area contributed by atoms with Crippen molar-refractivity contribution in [2.45, 2.75) is 44.2 Å². The summed E-state index contributed by atoms with van der Waals surface area (Å²) in [5.41, 5.74) is 1.63. The Balaban J connectivity index is 2.96. The van der Waals surface area contributed by atoms with Crippen LogP contribution in [0.3, 0.4) is 0 Å². The highest BCUT2D eigenvalue weighted by Gasteiger charge is 2.35. The van der Waals surface area contributed by atoms with E-state index in [1.54, 1.807) is 0 Å². The zero-order valence-electron chi connectivity index (χ0n) is 10.3. The van der Waals surface area contributed by atoms with Crippen LogP contribution in [0.1, 0.15) is 12.8 Å². The van der Waals surface area contributed by atoms with E-state index in [2.05, 4.69) is 11.5 Å². The second-order valence-corrected chi connectivity index (χ2v) is 10.2. The van der Waals surface area contributed by atoms with E-state index in [4.69, 9.17) is 5.11 Å². The molecule has 0 radical (unpaired) electrons. The van der Waals surface area contributed by atoms with Gasteiger partial charge >= 0.3 is 5.97 Å². The smallest absolute Gasteiger partial charge is 0.331 e. The van der Waals surface area contributed by atoms with E-state index in [0.717, 1.165) is 0 Å². The molecule has 0 aromatic rings. The number of rotatable bonds is 1. The van der Waals surface area contributed by atoms with Crippen molar-refractivity contribution in [3.05, 3.63) is 11.6 Å². The molecule has 0 saturated heterocycles. The Morgan fingerprint density at radius 1 is 1.53 bits per heavy atom. The van der Waals surface area contributed by atoms with E-state index in [1.165, 1.54) is 6.08 Å². The second kappa shape index (κ2) is 4.65. The van der Waals surface area contributed by atoms with Crippen LogP contribution in [0.15, 0.2) is 11.6 Å². The minimum Gasteiger partial charge on any atom is -0.478 e. The first-order valence-electron chi connectivity index (χ1n) is 5.50. The average Bonchev–Trinajstić information content (AvgIpc) is 2.12. The third-order valence-electron chi connectivity index (χ3n) is 2.37. The zero-order valence-corrected chi connectivity index (χ0v) is 11.3. The summed E-state index contributed by atoms with van der Waals surface area (Å²) >= 11 is 0. The molecule has 94 valence electrons. The monoisotopic (exact) mass is 254 g/mol. The first kappa shape index (κ1) is 14.0. The lowest BCUT2D eigenvalue weighted by Gasteiger charge is -2.29. The predicted octanol–water partition coefficient (Wildman–Crippen LogP) is 0.764. The largest absolute Gasteiger partial charge is 0.478 e. The van der Waals surface area contributed by atoms with E-state index in [-0.39, 0.29) is 18.4 Å². The number of carboxylic acids is 1. The van der Waals surface area contributed by atoms with Crippen LogP contribution in [0, 0.1) is 11.5 Å². The van der Waals surface area contributed by atoms with Crippen LogP contribution in [0.4, 0.5) is 0 Å². The third-order valence-corrected chi connectivity index (χ3v) is 3.24. The number of aliphatic carboxylic acids is 1. The van der Waals surface area contributed by atoms with Crippen molar-refractivity contribution >= 4 is 14.0 Å². The molecule has 5 heteroatoms. The van der Waals surface area contributed by atoms with Gasteiger partial charge in [0.25, 0.3) is 0 Å². The lowest BCUT2D eigenvalue weighted by atomic mass is 9.84. The Bertz CT molecular complexity index is 410. The van der Waals surface area contributed by atoms with E-state index >= 15 is 0 Å². The maximum atomic E-state index is 10.9. The van der Waals surface area contributed by atoms with Gasteiger partial charge in [0.2, 0.25) is 0 Å². The molecule has 2 atom stereocenters. The summed E-state index contributed by atoms with van der Waals surface area (Å²) in [5, 5.41) is 28.6. The second-order valence-electron chi connectivity index (χ2n) is 5.48. The van der Waals surface area contributed by atoms with Crippen LogP contribution >= 0.6 is 0 Å². The van der Waals surface area contributed by atoms with Crippen molar-refractivity contribution < 1.29 is 20.1 Å². The Hall–Kier alpha value is -1.09. The SMILES string of the molecule is C[Si](C)(C)C#CC1(O)CC(C(=O)O)=CC(O)C1. The van der Waals surface area contributed by atoms with Crippen LogP contribution < -0.4 is 0 Å². The van der Waals surface area contributed by atoms with E-state index in [1.807, 2.05) is 19.6 Å². The molecule has 2 unspecified atom stereocenters. The molecule has 1 aliphatic carbocycles. The normalized spacial score (nSPS) is 29.0. The van der Waals surface area contributed by atoms with E-state index in [0.29, 0.717) is 0 Å². The molecule has 1 aliphatic rings. The van der Waals surface area contributed by atoms with Crippen molar-refractivity contribution in [2.75, 3.05) is 0 Å². The van der Waals surface area contributed by atoms with Gasteiger partial charge in [0.15, 0.2) is 0 Å². The summed E-state index contributed by atoms with van der Waals surface area (Å²) in [6, 6.07) is 0. The highest BCUT2D eigenvalue weighted by Crippen LogP contribution is 2.28. The molecule has 4 nitrogen and oxygen atoms in total. The summed E-state index contributed by atoms with van der Waals surface area (Å²) in [4.78, 5) is 10.9. The third kappa shape index (κ3) is 4.34. The lowest BCUT2D eigenvalue weighted by Crippen LogP contribution is -2.37. The molecule has 0 aromatic carbocycles. The number of aliphatic hydroxyl groups excluding tert-OH is 1. The quantitative estimate of drug-likeness (QED) is 0.477.